The number of anilines is 1. The van der Waals surface area contributed by atoms with Crippen molar-refractivity contribution in [2.75, 3.05) is 11.9 Å². The van der Waals surface area contributed by atoms with Gasteiger partial charge in [0.15, 0.2) is 23.2 Å². The first-order valence-corrected chi connectivity index (χ1v) is 10.2. The van der Waals surface area contributed by atoms with Crippen LogP contribution in [0.1, 0.15) is 51.7 Å². The number of esters is 1. The molecule has 3 N–H and O–H groups in total. The third kappa shape index (κ3) is 4.05. The summed E-state index contributed by atoms with van der Waals surface area (Å²) in [6.07, 6.45) is 4.42. The van der Waals surface area contributed by atoms with Crippen LogP contribution in [0.2, 0.25) is 0 Å². The Hall–Kier alpha value is -2.30. The fraction of sp³-hybridized carbons (Fsp3) is 0.684. The zero-order valence-corrected chi connectivity index (χ0v) is 16.4. The number of nitrogens with one attached hydrogen (secondary N) is 1. The molecule has 0 amide bonds. The molecule has 1 aliphatic heterocycles. The van der Waals surface area contributed by atoms with Gasteiger partial charge in [-0.2, -0.15) is 0 Å². The number of fused-ring (bicyclic) bond motifs is 1. The summed E-state index contributed by atoms with van der Waals surface area (Å²) in [5.74, 6) is 0.295. The van der Waals surface area contributed by atoms with Gasteiger partial charge in [0, 0.05) is 12.5 Å². The Morgan fingerprint density at radius 1 is 1.28 bits per heavy atom. The molecule has 29 heavy (non-hydrogen) atoms. The van der Waals surface area contributed by atoms with Gasteiger partial charge in [-0.3, -0.25) is 9.36 Å². The maximum Gasteiger partial charge on any atom is 0.305 e. The summed E-state index contributed by atoms with van der Waals surface area (Å²) >= 11 is 0. The Morgan fingerprint density at radius 2 is 2.07 bits per heavy atom. The minimum atomic E-state index is -1.21. The number of aliphatic hydroxyl groups excluding tert-OH is 2. The molecule has 2 aliphatic rings. The minimum Gasteiger partial charge on any atom is -0.463 e. The zero-order chi connectivity index (χ0) is 20.4. The predicted molar refractivity (Wildman–Crippen MR) is 103 cm³/mol. The molecule has 2 aromatic heterocycles. The molecule has 1 saturated carbocycles. The van der Waals surface area contributed by atoms with Crippen LogP contribution in [0.5, 0.6) is 0 Å². The molecule has 4 rings (SSSR count). The maximum absolute atomic E-state index is 11.6. The molecule has 1 saturated heterocycles. The van der Waals surface area contributed by atoms with Crippen LogP contribution in [0, 0.1) is 0 Å². The quantitative estimate of drug-likeness (QED) is 0.580. The molecule has 2 aromatic rings. The summed E-state index contributed by atoms with van der Waals surface area (Å²) in [6.45, 7) is 1.76. The van der Waals surface area contributed by atoms with E-state index < -0.39 is 24.5 Å². The fourth-order valence-electron chi connectivity index (χ4n) is 3.96. The third-order valence-electron chi connectivity index (χ3n) is 5.53. The number of imidazole rings is 1. The molecule has 0 radical (unpaired) electrons. The van der Waals surface area contributed by atoms with E-state index in [0.29, 0.717) is 35.9 Å². The van der Waals surface area contributed by atoms with Crippen molar-refractivity contribution in [2.45, 2.75) is 76.0 Å². The van der Waals surface area contributed by atoms with Crippen molar-refractivity contribution >= 4 is 23.0 Å². The van der Waals surface area contributed by atoms with Crippen LogP contribution >= 0.6 is 0 Å². The van der Waals surface area contributed by atoms with Crippen molar-refractivity contribution < 1.29 is 24.5 Å². The van der Waals surface area contributed by atoms with Gasteiger partial charge >= 0.3 is 5.97 Å². The average Bonchev–Trinajstić information content (AvgIpc) is 3.43. The summed E-state index contributed by atoms with van der Waals surface area (Å²) in [5.41, 5.74) is 1.09. The predicted octanol–water partition coefficient (Wildman–Crippen LogP) is 1.14. The maximum atomic E-state index is 11.6. The number of carbonyl (C=O) groups excluding carboxylic acids is 1. The monoisotopic (exact) mass is 405 g/mol. The molecular formula is C19H27N5O5. The SMILES string of the molecule is CCCC(=O)OCC1OC(n2cnc3c(NC4CCCC4)ncnc32)[C@H](O)[C@@H]1O. The van der Waals surface area contributed by atoms with E-state index in [1.165, 1.54) is 25.5 Å². The number of ether oxygens (including phenoxy) is 2. The summed E-state index contributed by atoms with van der Waals surface area (Å²) in [7, 11) is 0. The van der Waals surface area contributed by atoms with Crippen molar-refractivity contribution in [3.8, 4) is 0 Å². The molecule has 2 unspecified atom stereocenters. The first-order chi connectivity index (χ1) is 14.1. The Balaban J connectivity index is 1.51. The topological polar surface area (TPSA) is 132 Å². The van der Waals surface area contributed by atoms with Crippen LogP contribution in [0.15, 0.2) is 12.7 Å². The Kier molecular flexibility index (Phi) is 5.93. The molecule has 2 fully saturated rings. The molecule has 0 spiro atoms. The normalized spacial score (nSPS) is 27.6. The summed E-state index contributed by atoms with van der Waals surface area (Å²) in [6, 6.07) is 0.371. The fourth-order valence-corrected chi connectivity index (χ4v) is 3.96. The molecule has 4 atom stereocenters. The first-order valence-electron chi connectivity index (χ1n) is 10.2. The molecular weight excluding hydrogens is 378 g/mol. The highest BCUT2D eigenvalue weighted by atomic mass is 16.6. The van der Waals surface area contributed by atoms with E-state index in [2.05, 4.69) is 20.3 Å². The number of aromatic nitrogens is 4. The van der Waals surface area contributed by atoms with Crippen LogP contribution in [-0.4, -0.2) is 66.7 Å². The van der Waals surface area contributed by atoms with Crippen molar-refractivity contribution in [3.63, 3.8) is 0 Å². The van der Waals surface area contributed by atoms with Crippen LogP contribution in [0.25, 0.3) is 11.2 Å². The van der Waals surface area contributed by atoms with Gasteiger partial charge < -0.3 is 25.0 Å². The van der Waals surface area contributed by atoms with Crippen LogP contribution in [0.3, 0.4) is 0 Å². The van der Waals surface area contributed by atoms with Gasteiger partial charge in [-0.1, -0.05) is 19.8 Å². The average molecular weight is 405 g/mol. The lowest BCUT2D eigenvalue weighted by atomic mass is 10.1. The minimum absolute atomic E-state index is 0.121. The van der Waals surface area contributed by atoms with Gasteiger partial charge in [-0.15, -0.1) is 0 Å². The van der Waals surface area contributed by atoms with Crippen molar-refractivity contribution in [2.24, 2.45) is 0 Å². The van der Waals surface area contributed by atoms with Crippen LogP contribution in [0.4, 0.5) is 5.82 Å². The standard InChI is InChI=1S/C19H27N5O5/c1-2-5-13(25)28-8-12-15(26)16(27)19(29-12)24-10-22-14-17(20-9-21-18(14)24)23-11-6-3-4-7-11/h9-12,15-16,19,26-27H,2-8H2,1H3,(H,20,21,23)/t12?,15-,16-,19?/m1/s1. The largest absolute Gasteiger partial charge is 0.463 e. The number of hydrogen-bond donors (Lipinski definition) is 3. The number of rotatable bonds is 7. The lowest BCUT2D eigenvalue weighted by Crippen LogP contribution is -2.34. The molecule has 1 aliphatic carbocycles. The second-order valence-corrected chi connectivity index (χ2v) is 7.65. The van der Waals surface area contributed by atoms with E-state index in [4.69, 9.17) is 9.47 Å². The lowest BCUT2D eigenvalue weighted by molar-refractivity contribution is -0.150. The first kappa shape index (κ1) is 20.0. The molecule has 3 heterocycles. The van der Waals surface area contributed by atoms with Gasteiger partial charge in [-0.25, -0.2) is 15.0 Å². The van der Waals surface area contributed by atoms with E-state index in [9.17, 15) is 15.0 Å². The highest BCUT2D eigenvalue weighted by Crippen LogP contribution is 2.33. The molecule has 10 heteroatoms. The summed E-state index contributed by atoms with van der Waals surface area (Å²) in [5, 5.41) is 24.3. The van der Waals surface area contributed by atoms with Gasteiger partial charge in [0.25, 0.3) is 0 Å². The molecule has 10 nitrogen and oxygen atoms in total. The molecule has 0 aromatic carbocycles. The van der Waals surface area contributed by atoms with Crippen molar-refractivity contribution in [1.82, 2.24) is 19.5 Å². The van der Waals surface area contributed by atoms with Crippen LogP contribution < -0.4 is 5.32 Å². The molecule has 158 valence electrons. The van der Waals surface area contributed by atoms with Crippen molar-refractivity contribution in [3.05, 3.63) is 12.7 Å². The molecule has 0 bridgehead atoms. The van der Waals surface area contributed by atoms with Gasteiger partial charge in [0.2, 0.25) is 0 Å². The summed E-state index contributed by atoms with van der Waals surface area (Å²) in [4.78, 5) is 24.6. The number of carbonyl (C=O) groups is 1. The van der Waals surface area contributed by atoms with Gasteiger partial charge in [-0.05, 0) is 19.3 Å². The smallest absolute Gasteiger partial charge is 0.305 e. The Bertz CT molecular complexity index is 853. The van der Waals surface area contributed by atoms with Gasteiger partial charge in [0.05, 0.1) is 6.33 Å². The number of nitrogens with zero attached hydrogens (tertiary/aromatic N) is 4. The Morgan fingerprint density at radius 3 is 2.83 bits per heavy atom. The third-order valence-corrected chi connectivity index (χ3v) is 5.53. The zero-order valence-electron chi connectivity index (χ0n) is 16.4. The van der Waals surface area contributed by atoms with E-state index in [1.54, 1.807) is 4.57 Å². The summed E-state index contributed by atoms with van der Waals surface area (Å²) < 4.78 is 12.5. The van der Waals surface area contributed by atoms with E-state index >= 15 is 0 Å². The number of hydrogen-bond acceptors (Lipinski definition) is 9. The number of aliphatic hydroxyl groups is 2. The van der Waals surface area contributed by atoms with E-state index in [-0.39, 0.29) is 12.6 Å². The Labute approximate surface area is 168 Å². The second kappa shape index (κ2) is 8.60. The van der Waals surface area contributed by atoms with Crippen LogP contribution in [-0.2, 0) is 14.3 Å². The van der Waals surface area contributed by atoms with Crippen molar-refractivity contribution in [1.29, 1.82) is 0 Å². The highest BCUT2D eigenvalue weighted by molar-refractivity contribution is 5.82. The van der Waals surface area contributed by atoms with E-state index in [0.717, 1.165) is 12.8 Å². The van der Waals surface area contributed by atoms with E-state index in [1.807, 2.05) is 6.92 Å². The highest BCUT2D eigenvalue weighted by Gasteiger charge is 2.45. The lowest BCUT2D eigenvalue weighted by Gasteiger charge is -2.17. The van der Waals surface area contributed by atoms with Gasteiger partial charge in [0.1, 0.15) is 31.2 Å². The second-order valence-electron chi connectivity index (χ2n) is 7.65.